The molecule has 21 heavy (non-hydrogen) atoms. The Morgan fingerprint density at radius 2 is 1.95 bits per heavy atom. The number of carbonyl (C=O) groups excluding carboxylic acids is 1. The first-order chi connectivity index (χ1) is 10.1. The molecule has 0 aliphatic heterocycles. The molecule has 0 saturated heterocycles. The van der Waals surface area contributed by atoms with Gasteiger partial charge in [0.05, 0.1) is 6.54 Å². The third-order valence-electron chi connectivity index (χ3n) is 4.49. The van der Waals surface area contributed by atoms with Crippen molar-refractivity contribution in [2.24, 2.45) is 5.92 Å². The highest BCUT2D eigenvalue weighted by Crippen LogP contribution is 2.25. The number of anilines is 1. The van der Waals surface area contributed by atoms with Crippen molar-refractivity contribution in [3.63, 3.8) is 0 Å². The zero-order valence-corrected chi connectivity index (χ0v) is 13.3. The summed E-state index contributed by atoms with van der Waals surface area (Å²) in [5, 5.41) is 6.35. The summed E-state index contributed by atoms with van der Waals surface area (Å²) in [6.45, 7) is 4.64. The molecule has 1 saturated carbocycles. The van der Waals surface area contributed by atoms with Crippen molar-refractivity contribution in [2.75, 3.05) is 11.9 Å². The van der Waals surface area contributed by atoms with Crippen LogP contribution in [-0.2, 0) is 4.79 Å². The number of amides is 1. The first-order valence-electron chi connectivity index (χ1n) is 8.25. The molecule has 2 N–H and O–H groups in total. The van der Waals surface area contributed by atoms with Gasteiger partial charge in [0.25, 0.3) is 0 Å². The first kappa shape index (κ1) is 16.0. The van der Waals surface area contributed by atoms with E-state index in [1.165, 1.54) is 38.5 Å². The molecule has 1 amide bonds. The fraction of sp³-hybridized carbons (Fsp3) is 0.611. The Morgan fingerprint density at radius 3 is 2.62 bits per heavy atom. The average molecular weight is 288 g/mol. The van der Waals surface area contributed by atoms with Crippen LogP contribution >= 0.6 is 0 Å². The van der Waals surface area contributed by atoms with Crippen LogP contribution in [0.25, 0.3) is 0 Å². The molecule has 1 aromatic carbocycles. The molecule has 1 aliphatic carbocycles. The van der Waals surface area contributed by atoms with Gasteiger partial charge in [-0.05, 0) is 50.3 Å². The molecule has 1 aromatic rings. The van der Waals surface area contributed by atoms with Gasteiger partial charge < -0.3 is 10.6 Å². The molecule has 3 heteroatoms. The van der Waals surface area contributed by atoms with Gasteiger partial charge in [-0.25, -0.2) is 0 Å². The Balaban J connectivity index is 1.75. The predicted molar refractivity (Wildman–Crippen MR) is 88.5 cm³/mol. The van der Waals surface area contributed by atoms with Gasteiger partial charge in [-0.3, -0.25) is 4.79 Å². The Bertz CT molecular complexity index is 450. The largest absolute Gasteiger partial charge is 0.325 e. The Labute approximate surface area is 128 Å². The standard InChI is InChI=1S/C18H28N2O/c1-14-8-7-11-17(12-14)20-18(21)13-19-15(2)16-9-5-3-4-6-10-16/h7-8,11-12,15-16,19H,3-6,9-10,13H2,1-2H3,(H,20,21)/t15-/m1/s1. The fourth-order valence-corrected chi connectivity index (χ4v) is 3.16. The van der Waals surface area contributed by atoms with E-state index in [1.54, 1.807) is 0 Å². The highest BCUT2D eigenvalue weighted by Gasteiger charge is 2.19. The maximum atomic E-state index is 12.0. The van der Waals surface area contributed by atoms with Gasteiger partial charge >= 0.3 is 0 Å². The predicted octanol–water partition coefficient (Wildman–Crippen LogP) is 3.88. The Kier molecular flexibility index (Phi) is 6.24. The van der Waals surface area contributed by atoms with Crippen LogP contribution in [0.2, 0.25) is 0 Å². The number of hydrogen-bond acceptors (Lipinski definition) is 2. The lowest BCUT2D eigenvalue weighted by atomic mass is 9.93. The van der Waals surface area contributed by atoms with E-state index < -0.39 is 0 Å². The number of hydrogen-bond donors (Lipinski definition) is 2. The molecule has 3 nitrogen and oxygen atoms in total. The molecular formula is C18H28N2O. The van der Waals surface area contributed by atoms with Gasteiger partial charge in [0, 0.05) is 11.7 Å². The van der Waals surface area contributed by atoms with E-state index in [0.29, 0.717) is 12.6 Å². The van der Waals surface area contributed by atoms with E-state index in [-0.39, 0.29) is 5.91 Å². The second kappa shape index (κ2) is 8.18. The van der Waals surface area contributed by atoms with Crippen LogP contribution in [0.3, 0.4) is 0 Å². The molecule has 0 unspecified atom stereocenters. The molecule has 116 valence electrons. The quantitative estimate of drug-likeness (QED) is 0.807. The van der Waals surface area contributed by atoms with Gasteiger partial charge in [-0.15, -0.1) is 0 Å². The molecule has 0 spiro atoms. The maximum absolute atomic E-state index is 12.0. The summed E-state index contributed by atoms with van der Waals surface area (Å²) in [6, 6.07) is 8.34. The van der Waals surface area contributed by atoms with Crippen molar-refractivity contribution in [2.45, 2.75) is 58.4 Å². The third-order valence-corrected chi connectivity index (χ3v) is 4.49. The lowest BCUT2D eigenvalue weighted by molar-refractivity contribution is -0.115. The van der Waals surface area contributed by atoms with Crippen molar-refractivity contribution >= 4 is 11.6 Å². The number of aryl methyl sites for hydroxylation is 1. The van der Waals surface area contributed by atoms with Crippen LogP contribution in [0, 0.1) is 12.8 Å². The smallest absolute Gasteiger partial charge is 0.238 e. The zero-order chi connectivity index (χ0) is 15.1. The van der Waals surface area contributed by atoms with Crippen molar-refractivity contribution in [3.8, 4) is 0 Å². The van der Waals surface area contributed by atoms with Gasteiger partial charge in [0.2, 0.25) is 5.91 Å². The van der Waals surface area contributed by atoms with Crippen molar-refractivity contribution in [3.05, 3.63) is 29.8 Å². The minimum absolute atomic E-state index is 0.0427. The van der Waals surface area contributed by atoms with Crippen molar-refractivity contribution in [1.82, 2.24) is 5.32 Å². The van der Waals surface area contributed by atoms with E-state index in [0.717, 1.165) is 17.2 Å². The second-order valence-corrected chi connectivity index (χ2v) is 6.34. The summed E-state index contributed by atoms with van der Waals surface area (Å²) in [5.74, 6) is 0.764. The Hall–Kier alpha value is -1.35. The fourth-order valence-electron chi connectivity index (χ4n) is 3.16. The minimum atomic E-state index is 0.0427. The van der Waals surface area contributed by atoms with E-state index in [1.807, 2.05) is 31.2 Å². The van der Waals surface area contributed by atoms with Gasteiger partial charge in [0.1, 0.15) is 0 Å². The van der Waals surface area contributed by atoms with Crippen LogP contribution < -0.4 is 10.6 Å². The lowest BCUT2D eigenvalue weighted by Gasteiger charge is -2.23. The molecule has 1 aliphatic rings. The summed E-state index contributed by atoms with van der Waals surface area (Å²) >= 11 is 0. The van der Waals surface area contributed by atoms with Crippen LogP contribution in [-0.4, -0.2) is 18.5 Å². The summed E-state index contributed by atoms with van der Waals surface area (Å²) in [6.07, 6.45) is 8.02. The van der Waals surface area contributed by atoms with Crippen molar-refractivity contribution < 1.29 is 4.79 Å². The first-order valence-corrected chi connectivity index (χ1v) is 8.25. The topological polar surface area (TPSA) is 41.1 Å². The lowest BCUT2D eigenvalue weighted by Crippen LogP contribution is -2.38. The van der Waals surface area contributed by atoms with E-state index in [2.05, 4.69) is 17.6 Å². The van der Waals surface area contributed by atoms with Gasteiger partial charge in [-0.1, -0.05) is 37.8 Å². The summed E-state index contributed by atoms with van der Waals surface area (Å²) in [4.78, 5) is 12.0. The SMILES string of the molecule is Cc1cccc(NC(=O)CN[C@H](C)C2CCCCCC2)c1. The second-order valence-electron chi connectivity index (χ2n) is 6.34. The summed E-state index contributed by atoms with van der Waals surface area (Å²) in [7, 11) is 0. The van der Waals surface area contributed by atoms with E-state index in [9.17, 15) is 4.79 Å². The molecule has 1 fully saturated rings. The highest BCUT2D eigenvalue weighted by atomic mass is 16.1. The summed E-state index contributed by atoms with van der Waals surface area (Å²) in [5.41, 5.74) is 2.04. The number of carbonyl (C=O) groups is 1. The van der Waals surface area contributed by atoms with Crippen LogP contribution in [0.5, 0.6) is 0 Å². The van der Waals surface area contributed by atoms with Gasteiger partial charge in [-0.2, -0.15) is 0 Å². The molecule has 1 atom stereocenters. The number of nitrogens with one attached hydrogen (secondary N) is 2. The molecule has 0 bridgehead atoms. The summed E-state index contributed by atoms with van der Waals surface area (Å²) < 4.78 is 0. The van der Waals surface area contributed by atoms with Crippen LogP contribution in [0.15, 0.2) is 24.3 Å². The molecule has 0 aromatic heterocycles. The zero-order valence-electron chi connectivity index (χ0n) is 13.3. The van der Waals surface area contributed by atoms with E-state index in [4.69, 9.17) is 0 Å². The number of benzene rings is 1. The highest BCUT2D eigenvalue weighted by molar-refractivity contribution is 5.92. The molecule has 2 rings (SSSR count). The average Bonchev–Trinajstić information content (AvgIpc) is 2.74. The van der Waals surface area contributed by atoms with Crippen LogP contribution in [0.4, 0.5) is 5.69 Å². The molecular weight excluding hydrogens is 260 g/mol. The number of rotatable bonds is 5. The normalized spacial score (nSPS) is 18.0. The van der Waals surface area contributed by atoms with Crippen molar-refractivity contribution in [1.29, 1.82) is 0 Å². The minimum Gasteiger partial charge on any atom is -0.325 e. The van der Waals surface area contributed by atoms with E-state index >= 15 is 0 Å². The molecule has 0 radical (unpaired) electrons. The van der Waals surface area contributed by atoms with Gasteiger partial charge in [0.15, 0.2) is 0 Å². The maximum Gasteiger partial charge on any atom is 0.238 e. The third kappa shape index (κ3) is 5.50. The Morgan fingerprint density at radius 1 is 1.24 bits per heavy atom. The monoisotopic (exact) mass is 288 g/mol. The molecule has 0 heterocycles. The van der Waals surface area contributed by atoms with Crippen LogP contribution in [0.1, 0.15) is 51.0 Å².